The highest BCUT2D eigenvalue weighted by Crippen LogP contribution is 2.26. The van der Waals surface area contributed by atoms with Crippen molar-refractivity contribution in [2.24, 2.45) is 0 Å². The molecule has 1 aromatic heterocycles. The molecule has 6 heteroatoms. The van der Waals surface area contributed by atoms with Crippen molar-refractivity contribution in [2.45, 2.75) is 26.3 Å². The van der Waals surface area contributed by atoms with Crippen molar-refractivity contribution in [2.75, 3.05) is 44.2 Å². The van der Waals surface area contributed by atoms with Gasteiger partial charge >= 0.3 is 0 Å². The molecule has 152 valence electrons. The van der Waals surface area contributed by atoms with Crippen LogP contribution >= 0.6 is 0 Å². The second kappa shape index (κ2) is 10.0. The molecule has 0 radical (unpaired) electrons. The lowest BCUT2D eigenvalue weighted by molar-refractivity contribution is -0.137. The summed E-state index contributed by atoms with van der Waals surface area (Å²) >= 11 is 0. The van der Waals surface area contributed by atoms with Crippen LogP contribution in [0.25, 0.3) is 0 Å². The van der Waals surface area contributed by atoms with Crippen LogP contribution in [-0.2, 0) is 4.79 Å². The molecule has 0 bridgehead atoms. The van der Waals surface area contributed by atoms with Crippen molar-refractivity contribution in [3.63, 3.8) is 0 Å². The fourth-order valence-electron chi connectivity index (χ4n) is 4.00. The summed E-state index contributed by atoms with van der Waals surface area (Å²) in [7, 11) is 0. The highest BCUT2D eigenvalue weighted by atomic mass is 16.2. The number of likely N-dealkylation sites (N-methyl/N-ethyl adjacent to an activating group) is 1. The predicted molar refractivity (Wildman–Crippen MR) is 114 cm³/mol. The van der Waals surface area contributed by atoms with Crippen LogP contribution in [0.15, 0.2) is 48.7 Å². The second-order valence-electron chi connectivity index (χ2n) is 7.19. The lowest BCUT2D eigenvalue weighted by atomic mass is 10.0. The largest absolute Gasteiger partial charge is 0.354 e. The van der Waals surface area contributed by atoms with Gasteiger partial charge in [0, 0.05) is 45.5 Å². The third kappa shape index (κ3) is 4.75. The number of nitrogens with zero attached hydrogens (tertiary/aromatic N) is 5. The molecule has 1 unspecified atom stereocenters. The summed E-state index contributed by atoms with van der Waals surface area (Å²) in [6.45, 7) is 8.60. The summed E-state index contributed by atoms with van der Waals surface area (Å²) < 4.78 is 0. The van der Waals surface area contributed by atoms with Gasteiger partial charge in [-0.2, -0.15) is 5.26 Å². The molecule has 3 rings (SSSR count). The SMILES string of the molecule is CCN(CC)C(=O)C(c1ccccc1)N1CCCN(c2ncccc2C#N)CC1. The zero-order valence-electron chi connectivity index (χ0n) is 17.3. The molecule has 1 aliphatic heterocycles. The van der Waals surface area contributed by atoms with Crippen molar-refractivity contribution in [3.8, 4) is 6.07 Å². The van der Waals surface area contributed by atoms with Gasteiger partial charge in [-0.25, -0.2) is 4.98 Å². The van der Waals surface area contributed by atoms with Crippen LogP contribution in [0.5, 0.6) is 0 Å². The first-order valence-corrected chi connectivity index (χ1v) is 10.4. The average molecular weight is 392 g/mol. The standard InChI is InChI=1S/C23H29N5O/c1-3-26(4-2)23(29)21(19-10-6-5-7-11-19)27-14-9-15-28(17-16-27)22-20(18-24)12-8-13-25-22/h5-8,10-13,21H,3-4,9,14-17H2,1-2H3. The maximum Gasteiger partial charge on any atom is 0.244 e. The number of aromatic nitrogens is 1. The van der Waals surface area contributed by atoms with Gasteiger partial charge in [-0.1, -0.05) is 30.3 Å². The van der Waals surface area contributed by atoms with E-state index in [0.717, 1.165) is 44.0 Å². The molecule has 0 N–H and O–H groups in total. The molecule has 0 saturated carbocycles. The monoisotopic (exact) mass is 391 g/mol. The Morgan fingerprint density at radius 2 is 1.86 bits per heavy atom. The molecule has 1 aromatic carbocycles. The molecule has 1 aliphatic rings. The van der Waals surface area contributed by atoms with Gasteiger partial charge in [0.2, 0.25) is 5.91 Å². The van der Waals surface area contributed by atoms with Gasteiger partial charge in [-0.15, -0.1) is 0 Å². The minimum atomic E-state index is -0.282. The lowest BCUT2D eigenvalue weighted by Crippen LogP contribution is -2.44. The Bertz CT molecular complexity index is 844. The molecule has 1 amide bonds. The van der Waals surface area contributed by atoms with E-state index in [9.17, 15) is 10.1 Å². The fraction of sp³-hybridized carbons (Fsp3) is 0.435. The van der Waals surface area contributed by atoms with Crippen LogP contribution in [-0.4, -0.2) is 60.0 Å². The second-order valence-corrected chi connectivity index (χ2v) is 7.19. The fourth-order valence-corrected chi connectivity index (χ4v) is 4.00. The van der Waals surface area contributed by atoms with E-state index in [4.69, 9.17) is 0 Å². The zero-order valence-corrected chi connectivity index (χ0v) is 17.3. The van der Waals surface area contributed by atoms with Crippen LogP contribution in [0, 0.1) is 11.3 Å². The van der Waals surface area contributed by atoms with Crippen molar-refractivity contribution in [1.29, 1.82) is 5.26 Å². The minimum absolute atomic E-state index is 0.158. The summed E-state index contributed by atoms with van der Waals surface area (Å²) in [5.41, 5.74) is 1.63. The number of nitriles is 1. The molecule has 1 fully saturated rings. The quantitative estimate of drug-likeness (QED) is 0.757. The van der Waals surface area contributed by atoms with E-state index in [1.807, 2.05) is 55.1 Å². The third-order valence-electron chi connectivity index (χ3n) is 5.53. The van der Waals surface area contributed by atoms with Gasteiger partial charge in [-0.05, 0) is 38.0 Å². The average Bonchev–Trinajstić information content (AvgIpc) is 3.01. The van der Waals surface area contributed by atoms with Crippen LogP contribution in [0.4, 0.5) is 5.82 Å². The number of amides is 1. The summed E-state index contributed by atoms with van der Waals surface area (Å²) in [4.78, 5) is 24.2. The van der Waals surface area contributed by atoms with Crippen molar-refractivity contribution in [1.82, 2.24) is 14.8 Å². The van der Waals surface area contributed by atoms with Gasteiger partial charge in [-0.3, -0.25) is 9.69 Å². The van der Waals surface area contributed by atoms with Crippen molar-refractivity contribution >= 4 is 11.7 Å². The van der Waals surface area contributed by atoms with E-state index >= 15 is 0 Å². The Kier molecular flexibility index (Phi) is 7.20. The maximum absolute atomic E-state index is 13.4. The summed E-state index contributed by atoms with van der Waals surface area (Å²) in [5.74, 6) is 0.897. The summed E-state index contributed by atoms with van der Waals surface area (Å²) in [5, 5.41) is 9.42. The van der Waals surface area contributed by atoms with Gasteiger partial charge in [0.15, 0.2) is 0 Å². The molecule has 29 heavy (non-hydrogen) atoms. The molecule has 1 atom stereocenters. The number of benzene rings is 1. The Balaban J connectivity index is 1.84. The molecule has 6 nitrogen and oxygen atoms in total. The van der Waals surface area contributed by atoms with Crippen LogP contribution < -0.4 is 4.90 Å². The van der Waals surface area contributed by atoms with E-state index in [1.165, 1.54) is 0 Å². The van der Waals surface area contributed by atoms with E-state index in [-0.39, 0.29) is 11.9 Å². The van der Waals surface area contributed by atoms with E-state index in [2.05, 4.69) is 20.9 Å². The normalized spacial score (nSPS) is 16.0. The molecule has 2 heterocycles. The Hall–Kier alpha value is -2.91. The number of hydrogen-bond donors (Lipinski definition) is 0. The van der Waals surface area contributed by atoms with E-state index in [1.54, 1.807) is 12.3 Å². The summed E-state index contributed by atoms with van der Waals surface area (Å²) in [6, 6.07) is 15.6. The molecule has 2 aromatic rings. The molecular formula is C23H29N5O. The zero-order chi connectivity index (χ0) is 20.6. The van der Waals surface area contributed by atoms with Crippen LogP contribution in [0.2, 0.25) is 0 Å². The van der Waals surface area contributed by atoms with Crippen LogP contribution in [0.1, 0.15) is 37.4 Å². The molecule has 0 aliphatic carbocycles. The molecular weight excluding hydrogens is 362 g/mol. The number of carbonyl (C=O) groups excluding carboxylic acids is 1. The van der Waals surface area contributed by atoms with Crippen molar-refractivity contribution < 1.29 is 4.79 Å². The Morgan fingerprint density at radius 3 is 2.55 bits per heavy atom. The number of anilines is 1. The van der Waals surface area contributed by atoms with Gasteiger partial charge < -0.3 is 9.80 Å². The Labute approximate surface area is 173 Å². The van der Waals surface area contributed by atoms with Gasteiger partial charge in [0.05, 0.1) is 5.56 Å². The van der Waals surface area contributed by atoms with E-state index < -0.39 is 0 Å². The van der Waals surface area contributed by atoms with Crippen LogP contribution in [0.3, 0.4) is 0 Å². The molecule has 0 spiro atoms. The highest BCUT2D eigenvalue weighted by molar-refractivity contribution is 5.83. The van der Waals surface area contributed by atoms with E-state index in [0.29, 0.717) is 18.7 Å². The van der Waals surface area contributed by atoms with Crippen molar-refractivity contribution in [3.05, 3.63) is 59.8 Å². The number of pyridine rings is 1. The number of rotatable bonds is 6. The topological polar surface area (TPSA) is 63.5 Å². The Morgan fingerprint density at radius 1 is 1.10 bits per heavy atom. The predicted octanol–water partition coefficient (Wildman–Crippen LogP) is 3.08. The first kappa shape index (κ1) is 20.8. The third-order valence-corrected chi connectivity index (χ3v) is 5.53. The number of hydrogen-bond acceptors (Lipinski definition) is 5. The highest BCUT2D eigenvalue weighted by Gasteiger charge is 2.32. The first-order chi connectivity index (χ1) is 14.2. The molecule has 1 saturated heterocycles. The number of carbonyl (C=O) groups is 1. The minimum Gasteiger partial charge on any atom is -0.354 e. The first-order valence-electron chi connectivity index (χ1n) is 10.4. The lowest BCUT2D eigenvalue weighted by Gasteiger charge is -2.33. The maximum atomic E-state index is 13.4. The van der Waals surface area contributed by atoms with Gasteiger partial charge in [0.25, 0.3) is 0 Å². The van der Waals surface area contributed by atoms with Gasteiger partial charge in [0.1, 0.15) is 17.9 Å². The smallest absolute Gasteiger partial charge is 0.244 e. The summed E-state index contributed by atoms with van der Waals surface area (Å²) in [6.07, 6.45) is 2.64.